The van der Waals surface area contributed by atoms with Crippen molar-refractivity contribution in [3.05, 3.63) is 23.5 Å². The summed E-state index contributed by atoms with van der Waals surface area (Å²) in [4.78, 5) is 13.1. The third-order valence-corrected chi connectivity index (χ3v) is 3.07. The maximum absolute atomic E-state index is 11.9. The van der Waals surface area contributed by atoms with Crippen LogP contribution >= 0.6 is 11.6 Å². The highest BCUT2D eigenvalue weighted by atomic mass is 35.5. The molecule has 0 unspecified atom stereocenters. The van der Waals surface area contributed by atoms with Crippen molar-refractivity contribution in [3.63, 3.8) is 0 Å². The van der Waals surface area contributed by atoms with Crippen LogP contribution in [0.5, 0.6) is 0 Å². The van der Waals surface area contributed by atoms with Gasteiger partial charge in [0.1, 0.15) is 6.61 Å². The third kappa shape index (κ3) is 3.96. The van der Waals surface area contributed by atoms with Crippen LogP contribution in [0.4, 0.5) is 0 Å². The molecule has 0 spiro atoms. The summed E-state index contributed by atoms with van der Waals surface area (Å²) in [6, 6.07) is 0. The maximum Gasteiger partial charge on any atom is 0.252 e. The number of ether oxygens (including phenoxy) is 1. The Morgan fingerprint density at radius 2 is 2.42 bits per heavy atom. The van der Waals surface area contributed by atoms with Crippen LogP contribution in [0.1, 0.15) is 18.2 Å². The molecule has 0 saturated carbocycles. The number of aliphatic hydroxyl groups is 1. The SMILES string of the molecule is [2H]C1([2H])C(NC[C@@H](O)CCl)=CC=C(N2CCOCC2=O)C1([2H])[2H]. The summed E-state index contributed by atoms with van der Waals surface area (Å²) >= 11 is 5.49. The van der Waals surface area contributed by atoms with E-state index in [9.17, 15) is 9.90 Å². The summed E-state index contributed by atoms with van der Waals surface area (Å²) in [7, 11) is 0. The number of hydrogen-bond acceptors (Lipinski definition) is 4. The van der Waals surface area contributed by atoms with Crippen molar-refractivity contribution in [2.45, 2.75) is 18.8 Å². The van der Waals surface area contributed by atoms with E-state index in [1.165, 1.54) is 17.1 Å². The standard InChI is InChI=1S/C13H19ClN2O3/c14-7-12(17)8-15-10-1-3-11(4-2-10)16-5-6-19-9-13(16)18/h1,3,12,15,17H,2,4-9H2/t12-/m0/s1/i2D2,4D2. The van der Waals surface area contributed by atoms with Crippen LogP contribution in [0.2, 0.25) is 0 Å². The lowest BCUT2D eigenvalue weighted by atomic mass is 10.1. The molecule has 2 rings (SSSR count). The molecule has 0 radical (unpaired) electrons. The molecular formula is C13H19ClN2O3. The Balaban J connectivity index is 2.28. The Morgan fingerprint density at radius 1 is 1.58 bits per heavy atom. The molecule has 1 amide bonds. The number of aliphatic hydroxyl groups excluding tert-OH is 1. The van der Waals surface area contributed by atoms with E-state index in [4.69, 9.17) is 21.8 Å². The summed E-state index contributed by atoms with van der Waals surface area (Å²) < 4.78 is 37.7. The summed E-state index contributed by atoms with van der Waals surface area (Å²) in [5, 5.41) is 12.2. The van der Waals surface area contributed by atoms with Crippen LogP contribution in [-0.2, 0) is 9.53 Å². The van der Waals surface area contributed by atoms with Crippen LogP contribution in [-0.4, -0.2) is 54.2 Å². The third-order valence-electron chi connectivity index (χ3n) is 2.72. The van der Waals surface area contributed by atoms with Gasteiger partial charge in [0.05, 0.1) is 18.6 Å². The van der Waals surface area contributed by atoms with Crippen LogP contribution in [0, 0.1) is 0 Å². The van der Waals surface area contributed by atoms with Crippen molar-refractivity contribution in [1.29, 1.82) is 0 Å². The predicted molar refractivity (Wildman–Crippen MR) is 72.7 cm³/mol. The fraction of sp³-hybridized carbons (Fsp3) is 0.615. The van der Waals surface area contributed by atoms with E-state index in [1.54, 1.807) is 0 Å². The summed E-state index contributed by atoms with van der Waals surface area (Å²) in [6.45, 7) is 0.318. The van der Waals surface area contributed by atoms with Gasteiger partial charge in [-0.15, -0.1) is 11.6 Å². The number of allylic oxidation sites excluding steroid dienone is 4. The number of nitrogens with one attached hydrogen (secondary N) is 1. The number of halogens is 1. The minimum absolute atomic E-state index is 0.00359. The van der Waals surface area contributed by atoms with Crippen molar-refractivity contribution < 1.29 is 20.1 Å². The Bertz CT molecular complexity index is 539. The van der Waals surface area contributed by atoms with E-state index in [0.717, 1.165) is 0 Å². The molecule has 2 N–H and O–H groups in total. The first-order valence-electron chi connectivity index (χ1n) is 8.00. The fourth-order valence-corrected chi connectivity index (χ4v) is 1.80. The zero-order valence-electron chi connectivity index (χ0n) is 14.4. The molecule has 0 aromatic rings. The van der Waals surface area contributed by atoms with Crippen molar-refractivity contribution in [3.8, 4) is 0 Å². The van der Waals surface area contributed by atoms with E-state index in [1.807, 2.05) is 0 Å². The molecule has 6 heteroatoms. The van der Waals surface area contributed by atoms with Crippen molar-refractivity contribution in [2.24, 2.45) is 0 Å². The molecule has 0 aromatic carbocycles. The maximum atomic E-state index is 11.9. The van der Waals surface area contributed by atoms with Crippen molar-refractivity contribution >= 4 is 17.5 Å². The Morgan fingerprint density at radius 3 is 3.16 bits per heavy atom. The van der Waals surface area contributed by atoms with Crippen LogP contribution in [0.15, 0.2) is 23.5 Å². The highest BCUT2D eigenvalue weighted by molar-refractivity contribution is 6.18. The van der Waals surface area contributed by atoms with Crippen molar-refractivity contribution in [1.82, 2.24) is 10.2 Å². The van der Waals surface area contributed by atoms with E-state index >= 15 is 0 Å². The van der Waals surface area contributed by atoms with Crippen molar-refractivity contribution in [2.75, 3.05) is 32.2 Å². The number of carbonyl (C=O) groups excluding carboxylic acids is 1. The van der Waals surface area contributed by atoms with Crippen LogP contribution in [0.25, 0.3) is 0 Å². The minimum Gasteiger partial charge on any atom is -0.390 e. The Hall–Kier alpha value is -1.04. The van der Waals surface area contributed by atoms with Gasteiger partial charge in [0, 0.05) is 30.0 Å². The zero-order valence-corrected chi connectivity index (χ0v) is 11.1. The highest BCUT2D eigenvalue weighted by Gasteiger charge is 2.23. The van der Waals surface area contributed by atoms with Gasteiger partial charge in [-0.05, 0) is 24.9 Å². The average Bonchev–Trinajstić information content (AvgIpc) is 2.49. The van der Waals surface area contributed by atoms with Gasteiger partial charge in [0.15, 0.2) is 0 Å². The number of morpholine rings is 1. The molecule has 19 heavy (non-hydrogen) atoms. The van der Waals surface area contributed by atoms with Crippen LogP contribution < -0.4 is 5.32 Å². The number of nitrogens with zero attached hydrogens (tertiary/aromatic N) is 1. The summed E-state index contributed by atoms with van der Waals surface area (Å²) in [5.74, 6) is -0.413. The van der Waals surface area contributed by atoms with Gasteiger partial charge in [-0.25, -0.2) is 0 Å². The predicted octanol–water partition coefficient (Wildman–Crippen LogP) is 0.596. The first-order valence-corrected chi connectivity index (χ1v) is 6.54. The van der Waals surface area contributed by atoms with Gasteiger partial charge < -0.3 is 20.1 Å². The molecule has 1 atom stereocenters. The first kappa shape index (κ1) is 9.80. The minimum atomic E-state index is -2.41. The van der Waals surface area contributed by atoms with E-state index < -0.39 is 24.8 Å². The lowest BCUT2D eigenvalue weighted by Crippen LogP contribution is -2.41. The quantitative estimate of drug-likeness (QED) is 0.728. The molecule has 0 bridgehead atoms. The molecule has 106 valence electrons. The molecular weight excluding hydrogens is 268 g/mol. The molecule has 1 heterocycles. The van der Waals surface area contributed by atoms with E-state index in [-0.39, 0.29) is 43.6 Å². The van der Waals surface area contributed by atoms with Gasteiger partial charge in [-0.3, -0.25) is 4.79 Å². The molecule has 1 aliphatic carbocycles. The molecule has 2 aliphatic rings. The second-order valence-corrected chi connectivity index (χ2v) is 4.48. The van der Waals surface area contributed by atoms with Gasteiger partial charge >= 0.3 is 0 Å². The van der Waals surface area contributed by atoms with Gasteiger partial charge in [-0.1, -0.05) is 0 Å². The highest BCUT2D eigenvalue weighted by Crippen LogP contribution is 2.21. The topological polar surface area (TPSA) is 61.8 Å². The van der Waals surface area contributed by atoms with E-state index in [0.29, 0.717) is 0 Å². The van der Waals surface area contributed by atoms with E-state index in [2.05, 4.69) is 5.32 Å². The van der Waals surface area contributed by atoms with Gasteiger partial charge in [0.2, 0.25) is 0 Å². The number of alkyl halides is 1. The molecule has 1 fully saturated rings. The lowest BCUT2D eigenvalue weighted by molar-refractivity contribution is -0.140. The average molecular weight is 291 g/mol. The molecule has 0 aromatic heterocycles. The Kier molecular flexibility index (Phi) is 3.58. The van der Waals surface area contributed by atoms with Crippen LogP contribution in [0.3, 0.4) is 0 Å². The molecule has 1 aliphatic heterocycles. The number of carbonyl (C=O) groups is 1. The number of amides is 1. The van der Waals surface area contributed by atoms with Gasteiger partial charge in [-0.2, -0.15) is 0 Å². The molecule has 5 nitrogen and oxygen atoms in total. The number of rotatable bonds is 5. The second-order valence-electron chi connectivity index (χ2n) is 4.17. The zero-order chi connectivity index (χ0) is 17.3. The smallest absolute Gasteiger partial charge is 0.252 e. The number of hydrogen-bond donors (Lipinski definition) is 2. The monoisotopic (exact) mass is 290 g/mol. The second kappa shape index (κ2) is 6.93. The molecule has 1 saturated heterocycles. The normalized spacial score (nSPS) is 30.2. The first-order chi connectivity index (χ1) is 10.7. The lowest BCUT2D eigenvalue weighted by Gasteiger charge is -2.30. The summed E-state index contributed by atoms with van der Waals surface area (Å²) in [6.07, 6.45) is -2.89. The summed E-state index contributed by atoms with van der Waals surface area (Å²) in [5.41, 5.74) is -0.0321. The Labute approximate surface area is 123 Å². The largest absolute Gasteiger partial charge is 0.390 e. The fourth-order valence-electron chi connectivity index (χ4n) is 1.69. The van der Waals surface area contributed by atoms with Gasteiger partial charge in [0.25, 0.3) is 5.91 Å².